The zero-order valence-electron chi connectivity index (χ0n) is 7.28. The first-order valence-corrected chi connectivity index (χ1v) is 10.4. The molecule has 17 heteroatoms. The summed E-state index contributed by atoms with van der Waals surface area (Å²) in [5.41, 5.74) is 0. The Kier molecular flexibility index (Phi) is 22.7. The van der Waals surface area contributed by atoms with Gasteiger partial charge < -0.3 is 0 Å². The topological polar surface area (TPSA) is 241 Å². The fourth-order valence-electron chi connectivity index (χ4n) is 0. The molecule has 0 amide bonds. The molecule has 0 aliphatic heterocycles. The van der Waals surface area contributed by atoms with Crippen molar-refractivity contribution in [3.63, 3.8) is 0 Å². The van der Waals surface area contributed by atoms with Crippen LogP contribution >= 0.6 is 0 Å². The predicted octanol–water partition coefficient (Wildman–Crippen LogP) is -9.75. The first-order chi connectivity index (χ1) is 6.00. The van der Waals surface area contributed by atoms with E-state index in [1.165, 1.54) is 0 Å². The van der Waals surface area contributed by atoms with E-state index in [0.29, 0.717) is 0 Å². The summed E-state index contributed by atoms with van der Waals surface area (Å²) in [7, 11) is 0. The Morgan fingerprint density at radius 2 is 0.412 bits per heavy atom. The molecule has 0 bridgehead atoms. The van der Waals surface area contributed by atoms with Crippen molar-refractivity contribution in [3.8, 4) is 0 Å². The van der Waals surface area contributed by atoms with Gasteiger partial charge in [0.25, 0.3) is 0 Å². The number of hydrogen-bond donors (Lipinski definition) is 0. The van der Waals surface area contributed by atoms with Crippen LogP contribution in [-0.2, 0) is 23.0 Å². The molecular formula is Ga2O12Se3. The van der Waals surface area contributed by atoms with Crippen LogP contribution in [0.25, 0.3) is 0 Å². The number of hydrogen-bond acceptors (Lipinski definition) is 12. The van der Waals surface area contributed by atoms with Crippen LogP contribution in [0.1, 0.15) is 0 Å². The van der Waals surface area contributed by atoms with Gasteiger partial charge in [-0.25, -0.2) is 0 Å². The van der Waals surface area contributed by atoms with Gasteiger partial charge in [0.2, 0.25) is 0 Å². The monoisotopic (exact) mass is 570 g/mol. The van der Waals surface area contributed by atoms with Crippen molar-refractivity contribution in [1.29, 1.82) is 0 Å². The minimum Gasteiger partial charge on any atom is 3.00 e. The van der Waals surface area contributed by atoms with Crippen LogP contribution in [0.3, 0.4) is 0 Å². The van der Waals surface area contributed by atoms with E-state index in [-0.39, 0.29) is 39.6 Å². The van der Waals surface area contributed by atoms with Gasteiger partial charge in [0.15, 0.2) is 0 Å². The van der Waals surface area contributed by atoms with Gasteiger partial charge in [0.05, 0.1) is 0 Å². The maximum atomic E-state index is 8.59. The van der Waals surface area contributed by atoms with Crippen molar-refractivity contribution in [1.82, 2.24) is 0 Å². The van der Waals surface area contributed by atoms with E-state index >= 15 is 0 Å². The normalized spacial score (nSPS) is 10.2. The molecule has 0 aromatic rings. The van der Waals surface area contributed by atoms with Crippen LogP contribution in [0.4, 0.5) is 0 Å². The molecule has 0 unspecified atom stereocenters. The van der Waals surface area contributed by atoms with Crippen molar-refractivity contribution in [2.24, 2.45) is 0 Å². The van der Waals surface area contributed by atoms with E-state index in [0.717, 1.165) is 0 Å². The van der Waals surface area contributed by atoms with Crippen molar-refractivity contribution in [2.75, 3.05) is 0 Å². The van der Waals surface area contributed by atoms with Crippen molar-refractivity contribution >= 4 is 79.7 Å². The minimum absolute atomic E-state index is 0. The standard InChI is InChI=1S/2Ga.3H2O4Se/c;;3*1-5(2,3)4/h;;3*(H2,1,2,3,4)/q2*+3;;;/p-6. The van der Waals surface area contributed by atoms with E-state index in [1.54, 1.807) is 0 Å². The second-order valence-corrected chi connectivity index (χ2v) is 6.36. The van der Waals surface area contributed by atoms with E-state index in [9.17, 15) is 0 Å². The smallest absolute Gasteiger partial charge is 3.00 e. The molecule has 0 radical (unpaired) electrons. The van der Waals surface area contributed by atoms with Gasteiger partial charge in [-0.1, -0.05) is 0 Å². The van der Waals surface area contributed by atoms with Crippen LogP contribution in [0, 0.1) is 0 Å². The third kappa shape index (κ3) is 2130. The minimum atomic E-state index is -5.75. The Morgan fingerprint density at radius 3 is 0.412 bits per heavy atom. The van der Waals surface area contributed by atoms with Crippen molar-refractivity contribution in [2.45, 2.75) is 0 Å². The first-order valence-electron chi connectivity index (χ1n) is 2.00. The zero-order valence-corrected chi connectivity index (χ0v) is 17.3. The van der Waals surface area contributed by atoms with Crippen LogP contribution in [0.15, 0.2) is 0 Å². The molecule has 12 nitrogen and oxygen atoms in total. The molecule has 96 valence electrons. The predicted molar refractivity (Wildman–Crippen MR) is 32.9 cm³/mol. The molecule has 0 heterocycles. The van der Waals surface area contributed by atoms with E-state index in [2.05, 4.69) is 0 Å². The molecule has 0 aliphatic carbocycles. The third-order valence-electron chi connectivity index (χ3n) is 0. The van der Waals surface area contributed by atoms with Crippen LogP contribution in [0.2, 0.25) is 0 Å². The zero-order chi connectivity index (χ0) is 13.5. The van der Waals surface area contributed by atoms with Crippen molar-refractivity contribution in [3.05, 3.63) is 0 Å². The van der Waals surface area contributed by atoms with Crippen LogP contribution < -0.4 is 25.1 Å². The Balaban J connectivity index is -0.0000000400. The summed E-state index contributed by atoms with van der Waals surface area (Å²) < 4.78 is 103. The molecule has 0 aromatic carbocycles. The summed E-state index contributed by atoms with van der Waals surface area (Å²) in [5, 5.41) is 0. The Labute approximate surface area is 127 Å². The van der Waals surface area contributed by atoms with Gasteiger partial charge in [-0.15, -0.1) is 0 Å². The van der Waals surface area contributed by atoms with Crippen LogP contribution in [0.5, 0.6) is 0 Å². The van der Waals surface area contributed by atoms with E-state index < -0.39 is 40.1 Å². The maximum absolute atomic E-state index is 8.59. The maximum Gasteiger partial charge on any atom is 3.00 e. The van der Waals surface area contributed by atoms with Crippen LogP contribution in [-0.4, -0.2) is 79.7 Å². The van der Waals surface area contributed by atoms with Gasteiger partial charge in [-0.2, -0.15) is 0 Å². The second-order valence-electron chi connectivity index (χ2n) is 1.22. The van der Waals surface area contributed by atoms with Gasteiger partial charge in [-0.3, -0.25) is 0 Å². The fourth-order valence-corrected chi connectivity index (χ4v) is 0. The Morgan fingerprint density at radius 1 is 0.412 bits per heavy atom. The molecule has 0 saturated heterocycles. The van der Waals surface area contributed by atoms with Gasteiger partial charge in [0.1, 0.15) is 0 Å². The quantitative estimate of drug-likeness (QED) is 0.247. The summed E-state index contributed by atoms with van der Waals surface area (Å²) >= 11 is -17.2. The summed E-state index contributed by atoms with van der Waals surface area (Å²) in [6, 6.07) is 0. The van der Waals surface area contributed by atoms with Gasteiger partial charge in [0, 0.05) is 0 Å². The molecule has 0 spiro atoms. The molecule has 0 rings (SSSR count). The summed E-state index contributed by atoms with van der Waals surface area (Å²) in [6.07, 6.45) is 0. The molecule has 0 atom stereocenters. The van der Waals surface area contributed by atoms with E-state index in [4.69, 9.17) is 48.1 Å². The molecule has 0 saturated carbocycles. The second kappa shape index (κ2) is 12.4. The van der Waals surface area contributed by atoms with Gasteiger partial charge in [-0.05, 0) is 0 Å². The fraction of sp³-hybridized carbons (Fsp3) is 0. The molecule has 17 heavy (non-hydrogen) atoms. The first kappa shape index (κ1) is 31.0. The average molecular weight is 568 g/mol. The van der Waals surface area contributed by atoms with E-state index in [1.807, 2.05) is 0 Å². The number of rotatable bonds is 0. The molecule has 0 aliphatic rings. The third-order valence-corrected chi connectivity index (χ3v) is 0. The van der Waals surface area contributed by atoms with Crippen molar-refractivity contribution < 1.29 is 48.1 Å². The summed E-state index contributed by atoms with van der Waals surface area (Å²) in [4.78, 5) is 0. The summed E-state index contributed by atoms with van der Waals surface area (Å²) in [5.74, 6) is 0. The molecular weight excluding hydrogens is 568 g/mol. The SMILES string of the molecule is O=[Se](=O)([O-])[O-].O=[Se](=O)([O-])[O-].O=[Se](=O)([O-])[O-].[Ga+3].[Ga+3]. The summed E-state index contributed by atoms with van der Waals surface area (Å²) in [6.45, 7) is 0. The molecule has 0 fully saturated rings. The average Bonchev–Trinajstić information content (AvgIpc) is 1.41. The molecule has 0 aromatic heterocycles. The largest absolute Gasteiger partial charge is 3.00 e. The van der Waals surface area contributed by atoms with Gasteiger partial charge >= 0.3 is 128 Å². The molecule has 0 N–H and O–H groups in total. The Bertz CT molecular complexity index is 341. The Hall–Kier alpha value is 1.39.